The first-order chi connectivity index (χ1) is 8.19. The van der Waals surface area contributed by atoms with Gasteiger partial charge in [-0.1, -0.05) is 6.07 Å². The molecule has 4 nitrogen and oxygen atoms in total. The molecular weight excluding hydrogens is 212 g/mol. The molecule has 0 radical (unpaired) electrons. The fraction of sp³-hybridized carbons (Fsp3) is 0.462. The zero-order valence-corrected chi connectivity index (χ0v) is 10.4. The third-order valence-electron chi connectivity index (χ3n) is 3.08. The van der Waals surface area contributed by atoms with Crippen molar-refractivity contribution in [1.29, 1.82) is 5.26 Å². The first-order valence-electron chi connectivity index (χ1n) is 5.90. The Hall–Kier alpha value is -1.57. The zero-order valence-electron chi connectivity index (χ0n) is 10.4. The van der Waals surface area contributed by atoms with Crippen molar-refractivity contribution in [3.05, 3.63) is 29.3 Å². The van der Waals surface area contributed by atoms with Crippen molar-refractivity contribution in [3.8, 4) is 6.07 Å². The highest BCUT2D eigenvalue weighted by Gasteiger charge is 2.14. The standard InChI is InChI=1S/C13H18N4/c1-11-3-4-13(12(9-11)10-14)15-17-7-5-16(2)6-8-17/h3-4,9,15H,5-8H2,1-2H3. The Kier molecular flexibility index (Phi) is 3.62. The molecule has 0 spiro atoms. The molecule has 1 aliphatic heterocycles. The van der Waals surface area contributed by atoms with E-state index in [-0.39, 0.29) is 0 Å². The summed E-state index contributed by atoms with van der Waals surface area (Å²) in [7, 11) is 2.13. The van der Waals surface area contributed by atoms with Gasteiger partial charge in [0.05, 0.1) is 11.3 Å². The van der Waals surface area contributed by atoms with E-state index in [1.807, 2.05) is 25.1 Å². The molecule has 1 N–H and O–H groups in total. The molecule has 1 aliphatic rings. The highest BCUT2D eigenvalue weighted by molar-refractivity contribution is 5.57. The molecule has 0 amide bonds. The van der Waals surface area contributed by atoms with Gasteiger partial charge in [0, 0.05) is 26.2 Å². The van der Waals surface area contributed by atoms with E-state index in [2.05, 4.69) is 28.5 Å². The van der Waals surface area contributed by atoms with E-state index >= 15 is 0 Å². The van der Waals surface area contributed by atoms with E-state index in [0.717, 1.165) is 37.4 Å². The second-order valence-electron chi connectivity index (χ2n) is 4.56. The molecule has 1 fully saturated rings. The molecule has 0 aromatic heterocycles. The number of piperazine rings is 1. The number of rotatable bonds is 2. The van der Waals surface area contributed by atoms with Gasteiger partial charge in [-0.25, -0.2) is 5.01 Å². The number of anilines is 1. The molecule has 1 saturated heterocycles. The van der Waals surface area contributed by atoms with Crippen LogP contribution in [-0.4, -0.2) is 43.1 Å². The van der Waals surface area contributed by atoms with Gasteiger partial charge in [0.2, 0.25) is 0 Å². The summed E-state index contributed by atoms with van der Waals surface area (Å²) in [5.41, 5.74) is 6.07. The second kappa shape index (κ2) is 5.17. The number of hydrazine groups is 1. The van der Waals surface area contributed by atoms with Crippen LogP contribution in [0.1, 0.15) is 11.1 Å². The molecule has 1 aromatic rings. The number of hydrogen-bond donors (Lipinski definition) is 1. The largest absolute Gasteiger partial charge is 0.317 e. The van der Waals surface area contributed by atoms with Crippen LogP contribution in [0.2, 0.25) is 0 Å². The van der Waals surface area contributed by atoms with Crippen LogP contribution in [0.4, 0.5) is 5.69 Å². The summed E-state index contributed by atoms with van der Waals surface area (Å²) >= 11 is 0. The lowest BCUT2D eigenvalue weighted by molar-refractivity contribution is 0.179. The van der Waals surface area contributed by atoms with Gasteiger partial charge in [-0.05, 0) is 31.7 Å². The lowest BCUT2D eigenvalue weighted by Crippen LogP contribution is -2.47. The van der Waals surface area contributed by atoms with Crippen LogP contribution in [0, 0.1) is 18.3 Å². The molecule has 0 unspecified atom stereocenters. The molecule has 0 bridgehead atoms. The highest BCUT2D eigenvalue weighted by atomic mass is 15.5. The van der Waals surface area contributed by atoms with Crippen LogP contribution in [-0.2, 0) is 0 Å². The lowest BCUT2D eigenvalue weighted by Gasteiger charge is -2.33. The number of aryl methyl sites for hydroxylation is 1. The summed E-state index contributed by atoms with van der Waals surface area (Å²) in [5.74, 6) is 0. The smallest absolute Gasteiger partial charge is 0.101 e. The van der Waals surface area contributed by atoms with Crippen molar-refractivity contribution in [2.24, 2.45) is 0 Å². The Labute approximate surface area is 102 Å². The summed E-state index contributed by atoms with van der Waals surface area (Å²) in [6, 6.07) is 8.16. The summed E-state index contributed by atoms with van der Waals surface area (Å²) in [6.45, 7) is 6.08. The van der Waals surface area contributed by atoms with E-state index < -0.39 is 0 Å². The number of nitriles is 1. The Morgan fingerprint density at radius 1 is 1.24 bits per heavy atom. The van der Waals surface area contributed by atoms with Crippen LogP contribution >= 0.6 is 0 Å². The van der Waals surface area contributed by atoms with E-state index in [1.54, 1.807) is 0 Å². The van der Waals surface area contributed by atoms with Gasteiger partial charge in [-0.2, -0.15) is 5.26 Å². The third kappa shape index (κ3) is 2.96. The van der Waals surface area contributed by atoms with E-state index in [1.165, 1.54) is 0 Å². The molecule has 4 heteroatoms. The average Bonchev–Trinajstić information content (AvgIpc) is 2.34. The minimum absolute atomic E-state index is 0.712. The first kappa shape index (κ1) is 11.9. The minimum Gasteiger partial charge on any atom is -0.317 e. The lowest BCUT2D eigenvalue weighted by atomic mass is 10.1. The normalized spacial score (nSPS) is 17.7. The molecule has 2 rings (SSSR count). The van der Waals surface area contributed by atoms with Crippen LogP contribution in [0.25, 0.3) is 0 Å². The molecule has 90 valence electrons. The van der Waals surface area contributed by atoms with Gasteiger partial charge >= 0.3 is 0 Å². The number of hydrogen-bond acceptors (Lipinski definition) is 4. The molecule has 0 atom stereocenters. The number of nitrogens with one attached hydrogen (secondary N) is 1. The van der Waals surface area contributed by atoms with E-state index in [0.29, 0.717) is 5.56 Å². The molecule has 17 heavy (non-hydrogen) atoms. The zero-order chi connectivity index (χ0) is 12.3. The van der Waals surface area contributed by atoms with Gasteiger partial charge in [0.15, 0.2) is 0 Å². The van der Waals surface area contributed by atoms with Crippen LogP contribution < -0.4 is 5.43 Å². The van der Waals surface area contributed by atoms with Crippen LogP contribution in [0.3, 0.4) is 0 Å². The van der Waals surface area contributed by atoms with Gasteiger partial charge in [-0.3, -0.25) is 0 Å². The SMILES string of the molecule is Cc1ccc(NN2CCN(C)CC2)c(C#N)c1. The van der Waals surface area contributed by atoms with Crippen molar-refractivity contribution >= 4 is 5.69 Å². The highest BCUT2D eigenvalue weighted by Crippen LogP contribution is 2.17. The van der Waals surface area contributed by atoms with Gasteiger partial charge in [-0.15, -0.1) is 0 Å². The number of nitrogens with zero attached hydrogens (tertiary/aromatic N) is 3. The first-order valence-corrected chi connectivity index (χ1v) is 5.90. The summed E-state index contributed by atoms with van der Waals surface area (Å²) in [4.78, 5) is 2.30. The van der Waals surface area contributed by atoms with Gasteiger partial charge < -0.3 is 10.3 Å². The summed E-state index contributed by atoms with van der Waals surface area (Å²) < 4.78 is 0. The fourth-order valence-corrected chi connectivity index (χ4v) is 1.94. The Morgan fingerprint density at radius 2 is 1.94 bits per heavy atom. The van der Waals surface area contributed by atoms with Crippen molar-refractivity contribution in [3.63, 3.8) is 0 Å². The summed E-state index contributed by atoms with van der Waals surface area (Å²) in [6.07, 6.45) is 0. The third-order valence-corrected chi connectivity index (χ3v) is 3.08. The molecule has 1 aromatic carbocycles. The predicted octanol–water partition coefficient (Wildman–Crippen LogP) is 1.44. The molecular formula is C13H18N4. The van der Waals surface area contributed by atoms with Crippen LogP contribution in [0.15, 0.2) is 18.2 Å². The predicted molar refractivity (Wildman–Crippen MR) is 68.6 cm³/mol. The average molecular weight is 230 g/mol. The Bertz CT molecular complexity index is 428. The maximum Gasteiger partial charge on any atom is 0.101 e. The van der Waals surface area contributed by atoms with Crippen LogP contribution in [0.5, 0.6) is 0 Å². The minimum atomic E-state index is 0.712. The fourth-order valence-electron chi connectivity index (χ4n) is 1.94. The molecule has 0 saturated carbocycles. The maximum absolute atomic E-state index is 9.10. The van der Waals surface area contributed by atoms with Crippen molar-refractivity contribution < 1.29 is 0 Å². The van der Waals surface area contributed by atoms with E-state index in [9.17, 15) is 0 Å². The quantitative estimate of drug-likeness (QED) is 0.835. The Balaban J connectivity index is 2.06. The monoisotopic (exact) mass is 230 g/mol. The van der Waals surface area contributed by atoms with Crippen molar-refractivity contribution in [2.75, 3.05) is 38.7 Å². The number of likely N-dealkylation sites (N-methyl/N-ethyl adjacent to an activating group) is 1. The summed E-state index contributed by atoms with van der Waals surface area (Å²) in [5, 5.41) is 11.3. The van der Waals surface area contributed by atoms with Crippen molar-refractivity contribution in [2.45, 2.75) is 6.92 Å². The van der Waals surface area contributed by atoms with Crippen molar-refractivity contribution in [1.82, 2.24) is 9.91 Å². The Morgan fingerprint density at radius 3 is 2.59 bits per heavy atom. The number of benzene rings is 1. The van der Waals surface area contributed by atoms with E-state index in [4.69, 9.17) is 5.26 Å². The second-order valence-corrected chi connectivity index (χ2v) is 4.56. The molecule has 0 aliphatic carbocycles. The topological polar surface area (TPSA) is 42.3 Å². The van der Waals surface area contributed by atoms with Gasteiger partial charge in [0.25, 0.3) is 0 Å². The molecule has 1 heterocycles. The maximum atomic E-state index is 9.10. The van der Waals surface area contributed by atoms with Gasteiger partial charge in [0.1, 0.15) is 6.07 Å².